The van der Waals surface area contributed by atoms with Crippen molar-refractivity contribution in [3.63, 3.8) is 0 Å². The van der Waals surface area contributed by atoms with E-state index in [-0.39, 0.29) is 0 Å². The largest absolute Gasteiger partial charge is 0.298 e. The van der Waals surface area contributed by atoms with Gasteiger partial charge in [-0.25, -0.2) is 0 Å². The summed E-state index contributed by atoms with van der Waals surface area (Å²) in [6.07, 6.45) is 0. The summed E-state index contributed by atoms with van der Waals surface area (Å²) in [6, 6.07) is 14.9. The van der Waals surface area contributed by atoms with Gasteiger partial charge >= 0.3 is 0 Å². The van der Waals surface area contributed by atoms with E-state index < -0.39 is 0 Å². The molecule has 1 heterocycles. The van der Waals surface area contributed by atoms with E-state index in [1.807, 2.05) is 12.1 Å². The first-order valence-electron chi connectivity index (χ1n) is 6.81. The van der Waals surface area contributed by atoms with Crippen LogP contribution in [0.3, 0.4) is 0 Å². The number of benzene rings is 2. The number of likely N-dealkylation sites (N-methyl/N-ethyl adjacent to an activating group) is 1. The Balaban J connectivity index is 2.20. The van der Waals surface area contributed by atoms with Crippen molar-refractivity contribution in [2.45, 2.75) is 25.4 Å². The number of halogens is 2. The third kappa shape index (κ3) is 2.35. The van der Waals surface area contributed by atoms with Gasteiger partial charge in [0, 0.05) is 28.5 Å². The molecule has 0 spiro atoms. The molecule has 0 N–H and O–H groups in total. The molecule has 0 amide bonds. The molecule has 2 aromatic carbocycles. The maximum absolute atomic E-state index is 6.40. The van der Waals surface area contributed by atoms with Gasteiger partial charge in [0.25, 0.3) is 0 Å². The highest BCUT2D eigenvalue weighted by molar-refractivity contribution is 6.35. The van der Waals surface area contributed by atoms with E-state index in [2.05, 4.69) is 49.2 Å². The van der Waals surface area contributed by atoms with Crippen LogP contribution in [0.2, 0.25) is 10.0 Å². The fourth-order valence-corrected chi connectivity index (χ4v) is 3.66. The second kappa shape index (κ2) is 5.40. The highest BCUT2D eigenvalue weighted by Crippen LogP contribution is 2.41. The van der Waals surface area contributed by atoms with E-state index in [4.69, 9.17) is 23.2 Å². The lowest BCUT2D eigenvalue weighted by atomic mass is 9.80. The van der Waals surface area contributed by atoms with Gasteiger partial charge in [-0.15, -0.1) is 0 Å². The minimum atomic E-state index is 0.307. The zero-order valence-electron chi connectivity index (χ0n) is 11.6. The molecule has 1 aliphatic heterocycles. The van der Waals surface area contributed by atoms with E-state index in [0.717, 1.165) is 11.6 Å². The quantitative estimate of drug-likeness (QED) is 0.720. The van der Waals surface area contributed by atoms with Crippen molar-refractivity contribution >= 4 is 23.2 Å². The molecule has 1 aliphatic rings. The van der Waals surface area contributed by atoms with Crippen molar-refractivity contribution in [2.75, 3.05) is 7.05 Å². The van der Waals surface area contributed by atoms with Crippen molar-refractivity contribution in [3.05, 3.63) is 69.2 Å². The summed E-state index contributed by atoms with van der Waals surface area (Å²) in [7, 11) is 2.15. The number of nitrogens with zero attached hydrogens (tertiary/aromatic N) is 1. The Morgan fingerprint density at radius 2 is 1.80 bits per heavy atom. The van der Waals surface area contributed by atoms with Crippen LogP contribution in [0.5, 0.6) is 0 Å². The number of rotatable bonds is 1. The average molecular weight is 306 g/mol. The van der Waals surface area contributed by atoms with Gasteiger partial charge in [-0.05, 0) is 42.8 Å². The Labute approximate surface area is 130 Å². The summed E-state index contributed by atoms with van der Waals surface area (Å²) in [5, 5.41) is 1.48. The summed E-state index contributed by atoms with van der Waals surface area (Å²) < 4.78 is 0. The van der Waals surface area contributed by atoms with E-state index in [1.54, 1.807) is 0 Å². The second-order valence-corrected chi connectivity index (χ2v) is 6.34. The minimum Gasteiger partial charge on any atom is -0.298 e. The Kier molecular flexibility index (Phi) is 3.76. The normalized spacial score (nSPS) is 22.6. The van der Waals surface area contributed by atoms with Gasteiger partial charge < -0.3 is 0 Å². The first-order valence-corrected chi connectivity index (χ1v) is 7.56. The van der Waals surface area contributed by atoms with E-state index in [0.29, 0.717) is 17.0 Å². The van der Waals surface area contributed by atoms with Gasteiger partial charge in [0.15, 0.2) is 0 Å². The fourth-order valence-electron chi connectivity index (χ4n) is 3.09. The molecular weight excluding hydrogens is 289 g/mol. The van der Waals surface area contributed by atoms with Crippen molar-refractivity contribution < 1.29 is 0 Å². The van der Waals surface area contributed by atoms with Crippen LogP contribution in [-0.4, -0.2) is 18.0 Å². The summed E-state index contributed by atoms with van der Waals surface area (Å²) >= 11 is 12.6. The highest BCUT2D eigenvalue weighted by Gasteiger charge is 2.32. The molecule has 20 heavy (non-hydrogen) atoms. The van der Waals surface area contributed by atoms with Crippen LogP contribution in [0.4, 0.5) is 0 Å². The molecule has 0 aromatic heterocycles. The van der Waals surface area contributed by atoms with Gasteiger partial charge in [-0.1, -0.05) is 53.5 Å². The molecule has 0 saturated heterocycles. The molecule has 1 unspecified atom stereocenters. The lowest BCUT2D eigenvalue weighted by molar-refractivity contribution is 0.212. The van der Waals surface area contributed by atoms with Crippen LogP contribution < -0.4 is 0 Å². The van der Waals surface area contributed by atoms with Crippen molar-refractivity contribution in [1.29, 1.82) is 0 Å². The number of hydrogen-bond donors (Lipinski definition) is 0. The zero-order chi connectivity index (χ0) is 14.3. The minimum absolute atomic E-state index is 0.307. The summed E-state index contributed by atoms with van der Waals surface area (Å²) in [5.74, 6) is 0.307. The van der Waals surface area contributed by atoms with Gasteiger partial charge in [-0.3, -0.25) is 4.90 Å². The van der Waals surface area contributed by atoms with Crippen molar-refractivity contribution in [3.8, 4) is 0 Å². The molecule has 0 saturated carbocycles. The van der Waals surface area contributed by atoms with Crippen molar-refractivity contribution in [1.82, 2.24) is 4.90 Å². The van der Waals surface area contributed by atoms with Gasteiger partial charge in [-0.2, -0.15) is 0 Å². The monoisotopic (exact) mass is 305 g/mol. The van der Waals surface area contributed by atoms with Crippen LogP contribution in [0.15, 0.2) is 42.5 Å². The Hall–Kier alpha value is -1.02. The third-order valence-corrected chi connectivity index (χ3v) is 4.83. The number of hydrogen-bond acceptors (Lipinski definition) is 1. The third-order valence-electron chi connectivity index (χ3n) is 4.27. The Morgan fingerprint density at radius 3 is 2.50 bits per heavy atom. The van der Waals surface area contributed by atoms with E-state index >= 15 is 0 Å². The van der Waals surface area contributed by atoms with Gasteiger partial charge in [0.05, 0.1) is 0 Å². The van der Waals surface area contributed by atoms with E-state index in [9.17, 15) is 0 Å². The molecule has 2 atom stereocenters. The average Bonchev–Trinajstić information content (AvgIpc) is 2.42. The molecule has 2 aromatic rings. The summed E-state index contributed by atoms with van der Waals surface area (Å²) in [6.45, 7) is 3.13. The smallest absolute Gasteiger partial charge is 0.0468 e. The summed E-state index contributed by atoms with van der Waals surface area (Å²) in [4.78, 5) is 2.35. The highest BCUT2D eigenvalue weighted by atomic mass is 35.5. The van der Waals surface area contributed by atoms with Crippen molar-refractivity contribution in [2.24, 2.45) is 0 Å². The lowest BCUT2D eigenvalue weighted by Crippen LogP contribution is -2.39. The maximum Gasteiger partial charge on any atom is 0.0468 e. The molecule has 0 radical (unpaired) electrons. The zero-order valence-corrected chi connectivity index (χ0v) is 13.1. The maximum atomic E-state index is 6.40. The van der Waals surface area contributed by atoms with Crippen LogP contribution >= 0.6 is 23.2 Å². The first kappa shape index (κ1) is 13.9. The first-order chi connectivity index (χ1) is 9.58. The van der Waals surface area contributed by atoms with E-state index in [1.165, 1.54) is 16.7 Å². The van der Waals surface area contributed by atoms with Crippen LogP contribution in [0.1, 0.15) is 29.5 Å². The van der Waals surface area contributed by atoms with Gasteiger partial charge in [0.2, 0.25) is 0 Å². The van der Waals surface area contributed by atoms with Crippen LogP contribution in [0.25, 0.3) is 0 Å². The Bertz CT molecular complexity index is 624. The molecule has 3 heteroatoms. The molecule has 3 rings (SSSR count). The Morgan fingerprint density at radius 1 is 1.10 bits per heavy atom. The summed E-state index contributed by atoms with van der Waals surface area (Å²) in [5.41, 5.74) is 3.77. The number of fused-ring (bicyclic) bond motifs is 1. The van der Waals surface area contributed by atoms with Gasteiger partial charge in [0.1, 0.15) is 0 Å². The fraction of sp³-hybridized carbons (Fsp3) is 0.294. The molecule has 0 bridgehead atoms. The molecule has 0 fully saturated rings. The molecule has 104 valence electrons. The van der Waals surface area contributed by atoms with Crippen LogP contribution in [-0.2, 0) is 6.54 Å². The standard InChI is InChI=1S/C17H17Cl2N/c1-11-17(12-6-4-3-5-7-12)14-8-13(18)9-16(19)15(14)10-20(11)2/h3-9,11,17H,10H2,1-2H3/t11-,17?/m0/s1. The topological polar surface area (TPSA) is 3.24 Å². The molecule has 1 nitrogen and oxygen atoms in total. The molecule has 0 aliphatic carbocycles. The second-order valence-electron chi connectivity index (χ2n) is 5.50. The SMILES string of the molecule is C[C@H]1C(c2ccccc2)c2cc(Cl)cc(Cl)c2CN1C. The predicted molar refractivity (Wildman–Crippen MR) is 85.7 cm³/mol. The predicted octanol–water partition coefficient (Wildman–Crippen LogP) is 4.96. The lowest BCUT2D eigenvalue weighted by Gasteiger charge is -2.39. The van der Waals surface area contributed by atoms with Crippen LogP contribution in [0, 0.1) is 0 Å². The molecular formula is C17H17Cl2N.